The molecule has 2 heterocycles. The topological polar surface area (TPSA) is 37.8 Å². The predicted molar refractivity (Wildman–Crippen MR) is 63.7 cm³/mol. The van der Waals surface area contributed by atoms with Gasteiger partial charge in [-0.1, -0.05) is 6.07 Å². The molecule has 0 fully saturated rings. The molecule has 3 nitrogen and oxygen atoms in total. The third-order valence-electron chi connectivity index (χ3n) is 2.51. The molecule has 0 aromatic carbocycles. The molecule has 2 aromatic heterocycles. The van der Waals surface area contributed by atoms with Crippen molar-refractivity contribution in [2.75, 3.05) is 0 Å². The lowest BCUT2D eigenvalue weighted by atomic mass is 10.2. The molecule has 1 N–H and O–H groups in total. The van der Waals surface area contributed by atoms with E-state index >= 15 is 0 Å². The van der Waals surface area contributed by atoms with Gasteiger partial charge in [0.2, 0.25) is 0 Å². The van der Waals surface area contributed by atoms with E-state index in [0.717, 1.165) is 11.4 Å². The van der Waals surface area contributed by atoms with Gasteiger partial charge in [-0.25, -0.2) is 4.39 Å². The molecule has 2 rings (SSSR count). The fourth-order valence-corrected chi connectivity index (χ4v) is 1.51. The smallest absolute Gasteiger partial charge is 0.141 e. The molecule has 0 saturated carbocycles. The van der Waals surface area contributed by atoms with E-state index in [9.17, 15) is 4.39 Å². The standard InChI is InChI=1S/C13H14FN3/c1-10(13-6-5-11(14)8-17-13)16-9-12-4-2-3-7-15-12/h2-8,10,16H,9H2,1H3. The van der Waals surface area contributed by atoms with Gasteiger partial charge in [-0.3, -0.25) is 9.97 Å². The van der Waals surface area contributed by atoms with Gasteiger partial charge >= 0.3 is 0 Å². The molecule has 0 saturated heterocycles. The second-order valence-corrected chi connectivity index (χ2v) is 3.82. The summed E-state index contributed by atoms with van der Waals surface area (Å²) in [7, 11) is 0. The fourth-order valence-electron chi connectivity index (χ4n) is 1.51. The monoisotopic (exact) mass is 231 g/mol. The third kappa shape index (κ3) is 3.32. The lowest BCUT2D eigenvalue weighted by Gasteiger charge is -2.12. The molecule has 0 radical (unpaired) electrons. The summed E-state index contributed by atoms with van der Waals surface area (Å²) in [6.07, 6.45) is 2.99. The lowest BCUT2D eigenvalue weighted by molar-refractivity contribution is 0.549. The summed E-state index contributed by atoms with van der Waals surface area (Å²) in [6.45, 7) is 2.66. The van der Waals surface area contributed by atoms with E-state index in [1.54, 1.807) is 12.3 Å². The Balaban J connectivity index is 1.93. The number of aromatic nitrogens is 2. The predicted octanol–water partition coefficient (Wildman–Crippen LogP) is 2.47. The van der Waals surface area contributed by atoms with Crippen LogP contribution in [0.1, 0.15) is 24.4 Å². The highest BCUT2D eigenvalue weighted by atomic mass is 19.1. The zero-order valence-electron chi connectivity index (χ0n) is 9.60. The number of halogens is 1. The van der Waals surface area contributed by atoms with Crippen LogP contribution in [0.3, 0.4) is 0 Å². The fraction of sp³-hybridized carbons (Fsp3) is 0.231. The molecule has 0 aliphatic rings. The van der Waals surface area contributed by atoms with Gasteiger partial charge < -0.3 is 5.32 Å². The first-order valence-corrected chi connectivity index (χ1v) is 5.50. The zero-order chi connectivity index (χ0) is 12.1. The Morgan fingerprint density at radius 2 is 2.12 bits per heavy atom. The molecule has 0 aliphatic carbocycles. The van der Waals surface area contributed by atoms with Crippen molar-refractivity contribution in [2.24, 2.45) is 0 Å². The molecule has 0 bridgehead atoms. The minimum absolute atomic E-state index is 0.0672. The molecular weight excluding hydrogens is 217 g/mol. The molecular formula is C13H14FN3. The van der Waals surface area contributed by atoms with Crippen molar-refractivity contribution in [1.29, 1.82) is 0 Å². The molecule has 1 atom stereocenters. The van der Waals surface area contributed by atoms with E-state index in [1.807, 2.05) is 25.1 Å². The van der Waals surface area contributed by atoms with Gasteiger partial charge in [-0.05, 0) is 31.2 Å². The van der Waals surface area contributed by atoms with E-state index in [2.05, 4.69) is 15.3 Å². The summed E-state index contributed by atoms with van der Waals surface area (Å²) in [5, 5.41) is 3.29. The lowest BCUT2D eigenvalue weighted by Crippen LogP contribution is -2.19. The van der Waals surface area contributed by atoms with Gasteiger partial charge in [0.1, 0.15) is 5.82 Å². The van der Waals surface area contributed by atoms with Crippen molar-refractivity contribution in [2.45, 2.75) is 19.5 Å². The molecule has 0 aliphatic heterocycles. The Morgan fingerprint density at radius 1 is 1.24 bits per heavy atom. The SMILES string of the molecule is CC(NCc1ccccn1)c1ccc(F)cn1. The maximum Gasteiger partial charge on any atom is 0.141 e. The van der Waals surface area contributed by atoms with E-state index in [-0.39, 0.29) is 11.9 Å². The second kappa shape index (κ2) is 5.50. The van der Waals surface area contributed by atoms with Gasteiger partial charge in [-0.2, -0.15) is 0 Å². The molecule has 2 aromatic rings. The average molecular weight is 231 g/mol. The van der Waals surface area contributed by atoms with E-state index < -0.39 is 0 Å². The summed E-state index contributed by atoms with van der Waals surface area (Å²) < 4.78 is 12.7. The number of nitrogens with zero attached hydrogens (tertiary/aromatic N) is 2. The first kappa shape index (κ1) is 11.7. The van der Waals surface area contributed by atoms with Crippen LogP contribution in [0.5, 0.6) is 0 Å². The first-order chi connectivity index (χ1) is 8.25. The first-order valence-electron chi connectivity index (χ1n) is 5.50. The summed E-state index contributed by atoms with van der Waals surface area (Å²) in [4.78, 5) is 8.25. The number of pyridine rings is 2. The number of nitrogens with one attached hydrogen (secondary N) is 1. The minimum atomic E-state index is -0.314. The second-order valence-electron chi connectivity index (χ2n) is 3.82. The quantitative estimate of drug-likeness (QED) is 0.878. The summed E-state index contributed by atoms with van der Waals surface area (Å²) >= 11 is 0. The highest BCUT2D eigenvalue weighted by Crippen LogP contribution is 2.09. The van der Waals surface area contributed by atoms with E-state index in [4.69, 9.17) is 0 Å². The van der Waals surface area contributed by atoms with Crippen molar-refractivity contribution < 1.29 is 4.39 Å². The molecule has 0 amide bonds. The van der Waals surface area contributed by atoms with Gasteiger partial charge in [0.25, 0.3) is 0 Å². The molecule has 17 heavy (non-hydrogen) atoms. The Bertz CT molecular complexity index is 456. The third-order valence-corrected chi connectivity index (χ3v) is 2.51. The van der Waals surface area contributed by atoms with Crippen molar-refractivity contribution in [1.82, 2.24) is 15.3 Å². The van der Waals surface area contributed by atoms with Gasteiger partial charge in [0.05, 0.1) is 17.6 Å². The van der Waals surface area contributed by atoms with Crippen molar-refractivity contribution >= 4 is 0 Å². The van der Waals surface area contributed by atoms with Gasteiger partial charge in [-0.15, -0.1) is 0 Å². The molecule has 0 spiro atoms. The van der Waals surface area contributed by atoms with Crippen LogP contribution >= 0.6 is 0 Å². The van der Waals surface area contributed by atoms with E-state index in [0.29, 0.717) is 6.54 Å². The Kier molecular flexibility index (Phi) is 3.77. The maximum absolute atomic E-state index is 12.7. The van der Waals surface area contributed by atoms with Crippen molar-refractivity contribution in [3.8, 4) is 0 Å². The van der Waals surface area contributed by atoms with Crippen LogP contribution in [-0.4, -0.2) is 9.97 Å². The Labute approximate surface area is 99.7 Å². The average Bonchev–Trinajstić information content (AvgIpc) is 2.38. The molecule has 4 heteroatoms. The normalized spacial score (nSPS) is 12.4. The number of hydrogen-bond donors (Lipinski definition) is 1. The van der Waals surface area contributed by atoms with Gasteiger partial charge in [0, 0.05) is 18.8 Å². The number of rotatable bonds is 4. The van der Waals surface area contributed by atoms with Crippen LogP contribution in [0.2, 0.25) is 0 Å². The van der Waals surface area contributed by atoms with Crippen LogP contribution in [0.25, 0.3) is 0 Å². The van der Waals surface area contributed by atoms with Crippen molar-refractivity contribution in [3.05, 3.63) is 59.9 Å². The molecule has 88 valence electrons. The van der Waals surface area contributed by atoms with Crippen LogP contribution < -0.4 is 5.32 Å². The largest absolute Gasteiger partial charge is 0.303 e. The van der Waals surface area contributed by atoms with Crippen LogP contribution in [0.15, 0.2) is 42.7 Å². The zero-order valence-corrected chi connectivity index (χ0v) is 9.60. The summed E-state index contributed by atoms with van der Waals surface area (Å²) in [6, 6.07) is 8.96. The van der Waals surface area contributed by atoms with E-state index in [1.165, 1.54) is 12.3 Å². The van der Waals surface area contributed by atoms with Crippen LogP contribution in [0.4, 0.5) is 4.39 Å². The van der Waals surface area contributed by atoms with Crippen molar-refractivity contribution in [3.63, 3.8) is 0 Å². The summed E-state index contributed by atoms with van der Waals surface area (Å²) in [5.41, 5.74) is 1.80. The van der Waals surface area contributed by atoms with Crippen LogP contribution in [-0.2, 0) is 6.54 Å². The Hall–Kier alpha value is -1.81. The van der Waals surface area contributed by atoms with Gasteiger partial charge in [0.15, 0.2) is 0 Å². The summed E-state index contributed by atoms with van der Waals surface area (Å²) in [5.74, 6) is -0.314. The number of hydrogen-bond acceptors (Lipinski definition) is 3. The Morgan fingerprint density at radius 3 is 2.76 bits per heavy atom. The highest BCUT2D eigenvalue weighted by molar-refractivity contribution is 5.10. The minimum Gasteiger partial charge on any atom is -0.303 e. The maximum atomic E-state index is 12.7. The highest BCUT2D eigenvalue weighted by Gasteiger charge is 2.06. The molecule has 1 unspecified atom stereocenters. The van der Waals surface area contributed by atoms with Crippen LogP contribution in [0, 0.1) is 5.82 Å².